The minimum Gasteiger partial charge on any atom is -0.342 e. The Hall–Kier alpha value is -1.42. The monoisotopic (exact) mass is 252 g/mol. The first-order chi connectivity index (χ1) is 8.58. The molecule has 100 valence electrons. The molecule has 0 saturated heterocycles. The molecular weight excluding hydrogens is 231 g/mol. The molecule has 1 rings (SSSR count). The number of nitrogens with zero attached hydrogens (tertiary/aromatic N) is 1. The molecule has 0 saturated carbocycles. The Kier molecular flexibility index (Phi) is 5.78. The van der Waals surface area contributed by atoms with Gasteiger partial charge in [0, 0.05) is 19.6 Å². The van der Waals surface area contributed by atoms with Crippen molar-refractivity contribution in [1.29, 1.82) is 0 Å². The highest BCUT2D eigenvalue weighted by atomic mass is 19.1. The molecule has 0 spiro atoms. The van der Waals surface area contributed by atoms with Gasteiger partial charge in [-0.2, -0.15) is 0 Å². The third-order valence-electron chi connectivity index (χ3n) is 3.02. The molecular formula is C14H21FN2O. The fourth-order valence-electron chi connectivity index (χ4n) is 1.82. The van der Waals surface area contributed by atoms with Gasteiger partial charge < -0.3 is 10.2 Å². The van der Waals surface area contributed by atoms with Gasteiger partial charge in [-0.1, -0.05) is 6.07 Å². The molecule has 0 bridgehead atoms. The summed E-state index contributed by atoms with van der Waals surface area (Å²) in [6.07, 6.45) is 0. The van der Waals surface area contributed by atoms with Crippen molar-refractivity contribution >= 4 is 5.91 Å². The molecule has 0 aliphatic carbocycles. The Balaban J connectivity index is 2.46. The first-order valence-electron chi connectivity index (χ1n) is 6.32. The van der Waals surface area contributed by atoms with Crippen molar-refractivity contribution in [2.75, 3.05) is 19.6 Å². The summed E-state index contributed by atoms with van der Waals surface area (Å²) in [6.45, 7) is 8.08. The molecule has 1 aromatic rings. The second kappa shape index (κ2) is 7.11. The van der Waals surface area contributed by atoms with Crippen molar-refractivity contribution in [2.24, 2.45) is 0 Å². The maximum absolute atomic E-state index is 13.1. The van der Waals surface area contributed by atoms with Crippen LogP contribution in [0.1, 0.15) is 25.0 Å². The summed E-state index contributed by atoms with van der Waals surface area (Å²) in [4.78, 5) is 13.5. The zero-order valence-electron chi connectivity index (χ0n) is 11.3. The van der Waals surface area contributed by atoms with Gasteiger partial charge in [-0.15, -0.1) is 0 Å². The number of aryl methyl sites for hydroxylation is 1. The average molecular weight is 252 g/mol. The summed E-state index contributed by atoms with van der Waals surface area (Å²) in [5, 5.41) is 3.06. The highest BCUT2D eigenvalue weighted by Gasteiger charge is 2.08. The fourth-order valence-corrected chi connectivity index (χ4v) is 1.82. The lowest BCUT2D eigenvalue weighted by molar-refractivity contribution is -0.129. The van der Waals surface area contributed by atoms with Crippen molar-refractivity contribution in [2.45, 2.75) is 27.3 Å². The van der Waals surface area contributed by atoms with Gasteiger partial charge in [0.05, 0.1) is 6.54 Å². The van der Waals surface area contributed by atoms with E-state index in [2.05, 4.69) is 5.32 Å². The van der Waals surface area contributed by atoms with E-state index in [4.69, 9.17) is 0 Å². The standard InChI is InChI=1S/C14H21FN2O/c1-4-17(5-2)14(18)10-16-9-12-8-13(15)7-6-11(12)3/h6-8,16H,4-5,9-10H2,1-3H3. The lowest BCUT2D eigenvalue weighted by Crippen LogP contribution is -2.37. The lowest BCUT2D eigenvalue weighted by Gasteiger charge is -2.19. The molecule has 18 heavy (non-hydrogen) atoms. The molecule has 4 heteroatoms. The number of hydrogen-bond donors (Lipinski definition) is 1. The van der Waals surface area contributed by atoms with E-state index >= 15 is 0 Å². The molecule has 0 aliphatic rings. The Morgan fingerprint density at radius 3 is 2.61 bits per heavy atom. The Morgan fingerprint density at radius 2 is 2.00 bits per heavy atom. The maximum Gasteiger partial charge on any atom is 0.236 e. The first kappa shape index (κ1) is 14.6. The summed E-state index contributed by atoms with van der Waals surface area (Å²) in [5.41, 5.74) is 1.92. The van der Waals surface area contributed by atoms with E-state index in [0.717, 1.165) is 24.2 Å². The normalized spacial score (nSPS) is 10.4. The van der Waals surface area contributed by atoms with E-state index < -0.39 is 0 Å². The van der Waals surface area contributed by atoms with Crippen molar-refractivity contribution in [1.82, 2.24) is 10.2 Å². The second-order valence-corrected chi connectivity index (χ2v) is 4.24. The zero-order valence-corrected chi connectivity index (χ0v) is 11.3. The number of rotatable bonds is 6. The Bertz CT molecular complexity index is 403. The highest BCUT2D eigenvalue weighted by molar-refractivity contribution is 5.78. The van der Waals surface area contributed by atoms with Gasteiger partial charge in [-0.25, -0.2) is 4.39 Å². The number of hydrogen-bond acceptors (Lipinski definition) is 2. The van der Waals surface area contributed by atoms with Crippen LogP contribution in [-0.2, 0) is 11.3 Å². The topological polar surface area (TPSA) is 32.3 Å². The van der Waals surface area contributed by atoms with Crippen LogP contribution < -0.4 is 5.32 Å². The molecule has 0 heterocycles. The SMILES string of the molecule is CCN(CC)C(=O)CNCc1cc(F)ccc1C. The predicted molar refractivity (Wildman–Crippen MR) is 70.8 cm³/mol. The number of carbonyl (C=O) groups excluding carboxylic acids is 1. The van der Waals surface area contributed by atoms with Crippen LogP contribution in [-0.4, -0.2) is 30.4 Å². The van der Waals surface area contributed by atoms with E-state index in [9.17, 15) is 9.18 Å². The van der Waals surface area contributed by atoms with Crippen LogP contribution in [0.3, 0.4) is 0 Å². The van der Waals surface area contributed by atoms with E-state index in [1.807, 2.05) is 20.8 Å². The second-order valence-electron chi connectivity index (χ2n) is 4.24. The summed E-state index contributed by atoms with van der Waals surface area (Å²) in [5.74, 6) is -0.165. The summed E-state index contributed by atoms with van der Waals surface area (Å²) in [6, 6.07) is 4.70. The van der Waals surface area contributed by atoms with Gasteiger partial charge in [0.1, 0.15) is 5.82 Å². The third kappa shape index (κ3) is 4.11. The molecule has 0 aromatic heterocycles. The van der Waals surface area contributed by atoms with E-state index in [-0.39, 0.29) is 18.3 Å². The molecule has 0 aliphatic heterocycles. The zero-order chi connectivity index (χ0) is 13.5. The van der Waals surface area contributed by atoms with Gasteiger partial charge in [0.15, 0.2) is 0 Å². The molecule has 0 unspecified atom stereocenters. The Labute approximate surface area is 108 Å². The van der Waals surface area contributed by atoms with E-state index in [1.165, 1.54) is 12.1 Å². The average Bonchev–Trinajstić information content (AvgIpc) is 2.35. The maximum atomic E-state index is 13.1. The molecule has 1 N–H and O–H groups in total. The van der Waals surface area contributed by atoms with Gasteiger partial charge >= 0.3 is 0 Å². The van der Waals surface area contributed by atoms with Crippen LogP contribution in [0, 0.1) is 12.7 Å². The number of likely N-dealkylation sites (N-methyl/N-ethyl adjacent to an activating group) is 1. The Morgan fingerprint density at radius 1 is 1.33 bits per heavy atom. The van der Waals surface area contributed by atoms with Gasteiger partial charge in [-0.3, -0.25) is 4.79 Å². The summed E-state index contributed by atoms with van der Waals surface area (Å²) >= 11 is 0. The quantitative estimate of drug-likeness (QED) is 0.841. The van der Waals surface area contributed by atoms with Crippen LogP contribution >= 0.6 is 0 Å². The first-order valence-corrected chi connectivity index (χ1v) is 6.32. The van der Waals surface area contributed by atoms with Gasteiger partial charge in [0.2, 0.25) is 5.91 Å². The number of carbonyl (C=O) groups is 1. The summed E-state index contributed by atoms with van der Waals surface area (Å²) in [7, 11) is 0. The van der Waals surface area contributed by atoms with Crippen LogP contribution in [0.2, 0.25) is 0 Å². The van der Waals surface area contributed by atoms with Crippen molar-refractivity contribution < 1.29 is 9.18 Å². The van der Waals surface area contributed by atoms with Crippen molar-refractivity contribution in [3.8, 4) is 0 Å². The number of halogens is 1. The smallest absolute Gasteiger partial charge is 0.236 e. The van der Waals surface area contributed by atoms with Crippen molar-refractivity contribution in [3.63, 3.8) is 0 Å². The van der Waals surface area contributed by atoms with Crippen LogP contribution in [0.15, 0.2) is 18.2 Å². The van der Waals surface area contributed by atoms with Crippen LogP contribution in [0.5, 0.6) is 0 Å². The van der Waals surface area contributed by atoms with E-state index in [1.54, 1.807) is 11.0 Å². The third-order valence-corrected chi connectivity index (χ3v) is 3.02. The molecule has 3 nitrogen and oxygen atoms in total. The number of amides is 1. The van der Waals surface area contributed by atoms with Crippen LogP contribution in [0.25, 0.3) is 0 Å². The molecule has 0 radical (unpaired) electrons. The fraction of sp³-hybridized carbons (Fsp3) is 0.500. The van der Waals surface area contributed by atoms with Gasteiger partial charge in [-0.05, 0) is 44.0 Å². The number of benzene rings is 1. The minimum atomic E-state index is -0.243. The lowest BCUT2D eigenvalue weighted by atomic mass is 10.1. The highest BCUT2D eigenvalue weighted by Crippen LogP contribution is 2.09. The number of nitrogens with one attached hydrogen (secondary N) is 1. The van der Waals surface area contributed by atoms with E-state index in [0.29, 0.717) is 6.54 Å². The molecule has 0 fully saturated rings. The van der Waals surface area contributed by atoms with Gasteiger partial charge in [0.25, 0.3) is 0 Å². The van der Waals surface area contributed by atoms with Crippen LogP contribution in [0.4, 0.5) is 4.39 Å². The minimum absolute atomic E-state index is 0.0778. The predicted octanol–water partition coefficient (Wildman–Crippen LogP) is 2.09. The summed E-state index contributed by atoms with van der Waals surface area (Å²) < 4.78 is 13.1. The molecule has 1 aromatic carbocycles. The largest absolute Gasteiger partial charge is 0.342 e. The molecule has 0 atom stereocenters. The van der Waals surface area contributed by atoms with Crippen molar-refractivity contribution in [3.05, 3.63) is 35.1 Å². The molecule has 1 amide bonds.